The molecule has 1 heterocycles. The van der Waals surface area contributed by atoms with E-state index in [1.807, 2.05) is 6.07 Å². The van der Waals surface area contributed by atoms with Crippen LogP contribution < -0.4 is 5.32 Å². The molecule has 0 bridgehead atoms. The van der Waals surface area contributed by atoms with E-state index in [0.29, 0.717) is 5.75 Å². The molecule has 1 aromatic carbocycles. The van der Waals surface area contributed by atoms with Crippen LogP contribution in [-0.2, 0) is 12.0 Å². The van der Waals surface area contributed by atoms with Crippen molar-refractivity contribution in [3.05, 3.63) is 29.3 Å². The summed E-state index contributed by atoms with van der Waals surface area (Å²) in [4.78, 5) is 0. The van der Waals surface area contributed by atoms with Crippen molar-refractivity contribution >= 4 is 0 Å². The van der Waals surface area contributed by atoms with Gasteiger partial charge in [-0.15, -0.1) is 0 Å². The van der Waals surface area contributed by atoms with E-state index >= 15 is 0 Å². The zero-order valence-electron chi connectivity index (χ0n) is 8.09. The van der Waals surface area contributed by atoms with Crippen LogP contribution in [-0.4, -0.2) is 11.7 Å². The molecule has 0 saturated carbocycles. The van der Waals surface area contributed by atoms with Crippen LogP contribution in [0.5, 0.6) is 5.75 Å². The van der Waals surface area contributed by atoms with Crippen molar-refractivity contribution in [2.45, 2.75) is 25.8 Å². The van der Waals surface area contributed by atoms with E-state index in [2.05, 4.69) is 25.2 Å². The van der Waals surface area contributed by atoms with Crippen LogP contribution in [0.2, 0.25) is 0 Å². The highest BCUT2D eigenvalue weighted by Crippen LogP contribution is 2.33. The molecule has 1 aliphatic rings. The number of hydrogen-bond acceptors (Lipinski definition) is 2. The van der Waals surface area contributed by atoms with Crippen LogP contribution in [0, 0.1) is 0 Å². The van der Waals surface area contributed by atoms with Crippen molar-refractivity contribution in [3.8, 4) is 5.75 Å². The van der Waals surface area contributed by atoms with Gasteiger partial charge < -0.3 is 10.4 Å². The first-order valence-electron chi connectivity index (χ1n) is 4.63. The number of benzene rings is 1. The first kappa shape index (κ1) is 8.57. The molecule has 2 heteroatoms. The molecule has 2 nitrogen and oxygen atoms in total. The molecule has 1 aliphatic heterocycles. The summed E-state index contributed by atoms with van der Waals surface area (Å²) in [5.74, 6) is 0.415. The second kappa shape index (κ2) is 2.74. The number of hydrogen-bond donors (Lipinski definition) is 2. The molecular formula is C11H15NO. The number of phenols is 1. The molecule has 2 N–H and O–H groups in total. The largest absolute Gasteiger partial charge is 0.508 e. The van der Waals surface area contributed by atoms with Gasteiger partial charge in [0.2, 0.25) is 0 Å². The highest BCUT2D eigenvalue weighted by Gasteiger charge is 2.28. The standard InChI is InChI=1S/C11H15NO/c1-11(2)7-12-6-8-9(11)4-3-5-10(8)13/h3-5,12-13H,6-7H2,1-2H3. The molecule has 13 heavy (non-hydrogen) atoms. The third-order valence-electron chi connectivity index (χ3n) is 2.75. The molecule has 70 valence electrons. The quantitative estimate of drug-likeness (QED) is 0.633. The summed E-state index contributed by atoms with van der Waals surface area (Å²) >= 11 is 0. The van der Waals surface area contributed by atoms with E-state index in [1.165, 1.54) is 5.56 Å². The smallest absolute Gasteiger partial charge is 0.120 e. The van der Waals surface area contributed by atoms with Gasteiger partial charge in [0.25, 0.3) is 0 Å². The van der Waals surface area contributed by atoms with Gasteiger partial charge in [-0.3, -0.25) is 0 Å². The number of aromatic hydroxyl groups is 1. The third-order valence-corrected chi connectivity index (χ3v) is 2.75. The minimum atomic E-state index is 0.131. The maximum Gasteiger partial charge on any atom is 0.120 e. The number of nitrogens with one attached hydrogen (secondary N) is 1. The lowest BCUT2D eigenvalue weighted by Crippen LogP contribution is -2.38. The van der Waals surface area contributed by atoms with Crippen molar-refractivity contribution in [2.24, 2.45) is 0 Å². The Kier molecular flexibility index (Phi) is 1.81. The summed E-state index contributed by atoms with van der Waals surface area (Å²) < 4.78 is 0. The summed E-state index contributed by atoms with van der Waals surface area (Å²) in [5, 5.41) is 13.0. The fraction of sp³-hybridized carbons (Fsp3) is 0.455. The van der Waals surface area contributed by atoms with Gasteiger partial charge >= 0.3 is 0 Å². The molecule has 1 aromatic rings. The van der Waals surface area contributed by atoms with E-state index in [9.17, 15) is 5.11 Å². The highest BCUT2D eigenvalue weighted by molar-refractivity contribution is 5.44. The van der Waals surface area contributed by atoms with Gasteiger partial charge in [-0.25, -0.2) is 0 Å². The predicted octanol–water partition coefficient (Wildman–Crippen LogP) is 1.77. The van der Waals surface area contributed by atoms with Crippen molar-refractivity contribution in [1.29, 1.82) is 0 Å². The lowest BCUT2D eigenvalue weighted by Gasteiger charge is -2.33. The highest BCUT2D eigenvalue weighted by atomic mass is 16.3. The molecule has 2 rings (SSSR count). The molecular weight excluding hydrogens is 162 g/mol. The first-order valence-corrected chi connectivity index (χ1v) is 4.63. The molecule has 0 atom stereocenters. The summed E-state index contributed by atoms with van der Waals surface area (Å²) in [6.45, 7) is 6.14. The second-order valence-corrected chi connectivity index (χ2v) is 4.29. The maximum absolute atomic E-state index is 9.65. The fourth-order valence-electron chi connectivity index (χ4n) is 1.99. The lowest BCUT2D eigenvalue weighted by molar-refractivity contribution is 0.409. The van der Waals surface area contributed by atoms with E-state index in [0.717, 1.165) is 18.7 Å². The lowest BCUT2D eigenvalue weighted by atomic mass is 9.79. The number of fused-ring (bicyclic) bond motifs is 1. The maximum atomic E-state index is 9.65. The zero-order valence-corrected chi connectivity index (χ0v) is 8.09. The second-order valence-electron chi connectivity index (χ2n) is 4.29. The van der Waals surface area contributed by atoms with E-state index in [-0.39, 0.29) is 5.41 Å². The first-order chi connectivity index (χ1) is 6.11. The summed E-state index contributed by atoms with van der Waals surface area (Å²) in [6.07, 6.45) is 0. The Balaban J connectivity index is 2.58. The van der Waals surface area contributed by atoms with Crippen LogP contribution in [0.3, 0.4) is 0 Å². The molecule has 0 fully saturated rings. The Bertz CT molecular complexity index is 331. The van der Waals surface area contributed by atoms with Crippen molar-refractivity contribution in [3.63, 3.8) is 0 Å². The van der Waals surface area contributed by atoms with Gasteiger partial charge in [-0.1, -0.05) is 26.0 Å². The Morgan fingerprint density at radius 3 is 2.85 bits per heavy atom. The average molecular weight is 177 g/mol. The van der Waals surface area contributed by atoms with Gasteiger partial charge in [0, 0.05) is 24.1 Å². The van der Waals surface area contributed by atoms with Crippen LogP contribution >= 0.6 is 0 Å². The van der Waals surface area contributed by atoms with E-state index in [1.54, 1.807) is 6.07 Å². The van der Waals surface area contributed by atoms with Crippen LogP contribution in [0.15, 0.2) is 18.2 Å². The summed E-state index contributed by atoms with van der Waals surface area (Å²) in [7, 11) is 0. The predicted molar refractivity (Wildman–Crippen MR) is 52.8 cm³/mol. The number of rotatable bonds is 0. The van der Waals surface area contributed by atoms with E-state index in [4.69, 9.17) is 0 Å². The van der Waals surface area contributed by atoms with Crippen LogP contribution in [0.25, 0.3) is 0 Å². The Labute approximate surface area is 78.6 Å². The van der Waals surface area contributed by atoms with Crippen molar-refractivity contribution in [2.75, 3.05) is 6.54 Å². The topological polar surface area (TPSA) is 32.3 Å². The average Bonchev–Trinajstić information content (AvgIpc) is 2.06. The summed E-state index contributed by atoms with van der Waals surface area (Å²) in [5.41, 5.74) is 2.46. The third kappa shape index (κ3) is 1.31. The summed E-state index contributed by atoms with van der Waals surface area (Å²) in [6, 6.07) is 5.78. The van der Waals surface area contributed by atoms with Gasteiger partial charge in [0.1, 0.15) is 5.75 Å². The van der Waals surface area contributed by atoms with Crippen LogP contribution in [0.4, 0.5) is 0 Å². The normalized spacial score (nSPS) is 19.5. The Morgan fingerprint density at radius 2 is 2.15 bits per heavy atom. The number of phenolic OH excluding ortho intramolecular Hbond substituents is 1. The Morgan fingerprint density at radius 1 is 1.38 bits per heavy atom. The van der Waals surface area contributed by atoms with Gasteiger partial charge in [0.05, 0.1) is 0 Å². The molecule has 0 spiro atoms. The molecule has 0 unspecified atom stereocenters. The minimum absolute atomic E-state index is 0.131. The van der Waals surface area contributed by atoms with Crippen molar-refractivity contribution < 1.29 is 5.11 Å². The van der Waals surface area contributed by atoms with Gasteiger partial charge in [-0.05, 0) is 11.6 Å². The van der Waals surface area contributed by atoms with Crippen molar-refractivity contribution in [1.82, 2.24) is 5.32 Å². The molecule has 0 aliphatic carbocycles. The van der Waals surface area contributed by atoms with Gasteiger partial charge in [-0.2, -0.15) is 0 Å². The molecule has 0 radical (unpaired) electrons. The molecule has 0 saturated heterocycles. The van der Waals surface area contributed by atoms with E-state index < -0.39 is 0 Å². The minimum Gasteiger partial charge on any atom is -0.508 e. The molecule has 0 aromatic heterocycles. The van der Waals surface area contributed by atoms with Gasteiger partial charge in [0.15, 0.2) is 0 Å². The SMILES string of the molecule is CC1(C)CNCc2c(O)cccc21. The Hall–Kier alpha value is -1.02. The molecule has 0 amide bonds. The zero-order chi connectivity index (χ0) is 9.47. The fourth-order valence-corrected chi connectivity index (χ4v) is 1.99. The monoisotopic (exact) mass is 177 g/mol. The van der Waals surface area contributed by atoms with Crippen LogP contribution in [0.1, 0.15) is 25.0 Å².